The molecule has 0 atom stereocenters. The Bertz CT molecular complexity index is 247. The Kier molecular flexibility index (Phi) is 7.18. The second-order valence-corrected chi connectivity index (χ2v) is 6.83. The summed E-state index contributed by atoms with van der Waals surface area (Å²) in [6.07, 6.45) is 1.14. The Morgan fingerprint density at radius 2 is 1.73 bits per heavy atom. The Morgan fingerprint density at radius 1 is 1.13 bits per heavy atom. The SMILES string of the molecule is CCN(CCC(C)C)CCS(=O)(=O)CC. The summed E-state index contributed by atoms with van der Waals surface area (Å²) >= 11 is 0. The Morgan fingerprint density at radius 3 is 2.13 bits per heavy atom. The molecule has 0 aliphatic heterocycles. The van der Waals surface area contributed by atoms with E-state index in [2.05, 4.69) is 25.7 Å². The van der Waals surface area contributed by atoms with Crippen LogP contribution in [0.3, 0.4) is 0 Å². The Labute approximate surface area is 94.8 Å². The van der Waals surface area contributed by atoms with Crippen LogP contribution in [0.25, 0.3) is 0 Å². The molecule has 0 aliphatic rings. The van der Waals surface area contributed by atoms with Crippen molar-refractivity contribution in [2.45, 2.75) is 34.1 Å². The summed E-state index contributed by atoms with van der Waals surface area (Å²) in [6.45, 7) is 10.8. The molecule has 15 heavy (non-hydrogen) atoms. The van der Waals surface area contributed by atoms with Gasteiger partial charge in [-0.05, 0) is 25.4 Å². The molecule has 3 nitrogen and oxygen atoms in total. The molecule has 92 valence electrons. The number of hydrogen-bond acceptors (Lipinski definition) is 3. The zero-order valence-corrected chi connectivity index (χ0v) is 11.3. The maximum atomic E-state index is 11.3. The molecule has 0 unspecified atom stereocenters. The van der Waals surface area contributed by atoms with Crippen molar-refractivity contribution in [3.05, 3.63) is 0 Å². The second-order valence-electron chi connectivity index (χ2n) is 4.35. The van der Waals surface area contributed by atoms with Gasteiger partial charge in [0.05, 0.1) is 5.75 Å². The fourth-order valence-corrected chi connectivity index (χ4v) is 2.11. The molecule has 0 heterocycles. The summed E-state index contributed by atoms with van der Waals surface area (Å²) in [7, 11) is -2.80. The van der Waals surface area contributed by atoms with E-state index >= 15 is 0 Å². The van der Waals surface area contributed by atoms with Crippen molar-refractivity contribution in [3.63, 3.8) is 0 Å². The highest BCUT2D eigenvalue weighted by molar-refractivity contribution is 7.91. The molecule has 0 bridgehead atoms. The van der Waals surface area contributed by atoms with Crippen LogP contribution in [-0.4, -0.2) is 44.5 Å². The van der Waals surface area contributed by atoms with Gasteiger partial charge in [0.15, 0.2) is 9.84 Å². The topological polar surface area (TPSA) is 37.4 Å². The lowest BCUT2D eigenvalue weighted by molar-refractivity contribution is 0.284. The van der Waals surface area contributed by atoms with Crippen molar-refractivity contribution in [1.29, 1.82) is 0 Å². The minimum absolute atomic E-state index is 0.259. The first-order valence-electron chi connectivity index (χ1n) is 5.84. The first-order valence-corrected chi connectivity index (χ1v) is 7.66. The van der Waals surface area contributed by atoms with Gasteiger partial charge in [-0.3, -0.25) is 0 Å². The lowest BCUT2D eigenvalue weighted by Gasteiger charge is -2.20. The maximum absolute atomic E-state index is 11.3. The van der Waals surface area contributed by atoms with Gasteiger partial charge in [-0.15, -0.1) is 0 Å². The fraction of sp³-hybridized carbons (Fsp3) is 1.00. The van der Waals surface area contributed by atoms with Crippen LogP contribution in [0.4, 0.5) is 0 Å². The average molecular weight is 235 g/mol. The van der Waals surface area contributed by atoms with E-state index in [9.17, 15) is 8.42 Å². The number of sulfone groups is 1. The normalized spacial score (nSPS) is 12.7. The van der Waals surface area contributed by atoms with Gasteiger partial charge in [0.2, 0.25) is 0 Å². The van der Waals surface area contributed by atoms with E-state index in [1.54, 1.807) is 6.92 Å². The molecule has 0 aliphatic carbocycles. The van der Waals surface area contributed by atoms with Crippen LogP contribution < -0.4 is 0 Å². The minimum atomic E-state index is -2.80. The highest BCUT2D eigenvalue weighted by Gasteiger charge is 2.10. The molecule has 0 amide bonds. The standard InChI is InChI=1S/C11H25NO2S/c1-5-12(8-7-11(3)4)9-10-15(13,14)6-2/h11H,5-10H2,1-4H3. The van der Waals surface area contributed by atoms with Crippen LogP contribution in [0.2, 0.25) is 0 Å². The van der Waals surface area contributed by atoms with Gasteiger partial charge in [-0.1, -0.05) is 27.7 Å². The quantitative estimate of drug-likeness (QED) is 0.643. The first kappa shape index (κ1) is 14.9. The highest BCUT2D eigenvalue weighted by Crippen LogP contribution is 2.02. The van der Waals surface area contributed by atoms with Crippen LogP contribution >= 0.6 is 0 Å². The van der Waals surface area contributed by atoms with E-state index in [1.165, 1.54) is 0 Å². The van der Waals surface area contributed by atoms with Gasteiger partial charge in [-0.2, -0.15) is 0 Å². The molecule has 0 saturated carbocycles. The summed E-state index contributed by atoms with van der Waals surface area (Å²) in [5, 5.41) is 0. The van der Waals surface area contributed by atoms with Gasteiger partial charge < -0.3 is 4.90 Å². The molecule has 0 radical (unpaired) electrons. The monoisotopic (exact) mass is 235 g/mol. The third kappa shape index (κ3) is 7.79. The van der Waals surface area contributed by atoms with Crippen LogP contribution in [0.5, 0.6) is 0 Å². The van der Waals surface area contributed by atoms with E-state index in [1.807, 2.05) is 0 Å². The molecular weight excluding hydrogens is 210 g/mol. The third-order valence-corrected chi connectivity index (χ3v) is 4.31. The predicted molar refractivity (Wildman–Crippen MR) is 65.9 cm³/mol. The first-order chi connectivity index (χ1) is 6.91. The number of hydrogen-bond donors (Lipinski definition) is 0. The summed E-state index contributed by atoms with van der Waals surface area (Å²) in [4.78, 5) is 2.22. The van der Waals surface area contributed by atoms with Gasteiger partial charge in [0.1, 0.15) is 0 Å². The van der Waals surface area contributed by atoms with Crippen molar-refractivity contribution in [2.24, 2.45) is 5.92 Å². The molecular formula is C11H25NO2S. The van der Waals surface area contributed by atoms with Gasteiger partial charge in [0.25, 0.3) is 0 Å². The fourth-order valence-electron chi connectivity index (χ4n) is 1.28. The van der Waals surface area contributed by atoms with Crippen molar-refractivity contribution < 1.29 is 8.42 Å². The summed E-state index contributed by atoms with van der Waals surface area (Å²) in [5.74, 6) is 1.24. The minimum Gasteiger partial charge on any atom is -0.303 e. The van der Waals surface area contributed by atoms with Gasteiger partial charge >= 0.3 is 0 Å². The molecule has 0 aromatic rings. The molecule has 0 fully saturated rings. The zero-order valence-electron chi connectivity index (χ0n) is 10.5. The predicted octanol–water partition coefficient (Wildman–Crippen LogP) is 1.79. The smallest absolute Gasteiger partial charge is 0.151 e. The van der Waals surface area contributed by atoms with Gasteiger partial charge in [0, 0.05) is 12.3 Å². The summed E-state index contributed by atoms with van der Waals surface area (Å²) in [5.41, 5.74) is 0. The largest absolute Gasteiger partial charge is 0.303 e. The molecule has 0 saturated heterocycles. The summed E-state index contributed by atoms with van der Waals surface area (Å²) in [6, 6.07) is 0. The maximum Gasteiger partial charge on any atom is 0.151 e. The van der Waals surface area contributed by atoms with E-state index in [-0.39, 0.29) is 5.75 Å². The molecule has 0 rings (SSSR count). The Balaban J connectivity index is 3.90. The van der Waals surface area contributed by atoms with E-state index < -0.39 is 9.84 Å². The van der Waals surface area contributed by atoms with Crippen LogP contribution in [-0.2, 0) is 9.84 Å². The third-order valence-electron chi connectivity index (χ3n) is 2.63. The van der Waals surface area contributed by atoms with Crippen molar-refractivity contribution in [2.75, 3.05) is 31.1 Å². The highest BCUT2D eigenvalue weighted by atomic mass is 32.2. The molecule has 0 aromatic heterocycles. The number of rotatable bonds is 8. The van der Waals surface area contributed by atoms with Crippen LogP contribution in [0, 0.1) is 5.92 Å². The molecule has 0 spiro atoms. The van der Waals surface area contributed by atoms with E-state index in [4.69, 9.17) is 0 Å². The Hall–Kier alpha value is -0.0900. The molecule has 4 heteroatoms. The van der Waals surface area contributed by atoms with Crippen LogP contribution in [0.15, 0.2) is 0 Å². The molecule has 0 N–H and O–H groups in total. The van der Waals surface area contributed by atoms with E-state index in [0.29, 0.717) is 18.2 Å². The lowest BCUT2D eigenvalue weighted by atomic mass is 10.1. The van der Waals surface area contributed by atoms with Crippen molar-refractivity contribution >= 4 is 9.84 Å². The summed E-state index contributed by atoms with van der Waals surface area (Å²) < 4.78 is 22.7. The van der Waals surface area contributed by atoms with Gasteiger partial charge in [-0.25, -0.2) is 8.42 Å². The second kappa shape index (κ2) is 7.23. The zero-order chi connectivity index (χ0) is 11.9. The number of nitrogens with zero attached hydrogens (tertiary/aromatic N) is 1. The average Bonchev–Trinajstić information content (AvgIpc) is 2.18. The van der Waals surface area contributed by atoms with Crippen LogP contribution in [0.1, 0.15) is 34.1 Å². The molecule has 0 aromatic carbocycles. The van der Waals surface area contributed by atoms with Crippen molar-refractivity contribution in [3.8, 4) is 0 Å². The van der Waals surface area contributed by atoms with Crippen molar-refractivity contribution in [1.82, 2.24) is 4.90 Å². The lowest BCUT2D eigenvalue weighted by Crippen LogP contribution is -2.31. The van der Waals surface area contributed by atoms with E-state index in [0.717, 1.165) is 19.5 Å².